The predicted molar refractivity (Wildman–Crippen MR) is 77.5 cm³/mol. The Morgan fingerprint density at radius 2 is 1.95 bits per heavy atom. The van der Waals surface area contributed by atoms with Gasteiger partial charge in [0.05, 0.1) is 10.1 Å². The summed E-state index contributed by atoms with van der Waals surface area (Å²) in [6, 6.07) is 6.26. The predicted octanol–water partition coefficient (Wildman–Crippen LogP) is 2.13. The van der Waals surface area contributed by atoms with E-state index in [0.717, 1.165) is 13.0 Å². The lowest BCUT2D eigenvalue weighted by atomic mass is 10.4. The molecule has 0 amide bonds. The molecule has 0 heterocycles. The fraction of sp³-hybridized carbons (Fsp3) is 0.538. The van der Waals surface area contributed by atoms with E-state index in [1.165, 1.54) is 0 Å². The Morgan fingerprint density at radius 1 is 1.32 bits per heavy atom. The SMILES string of the molecule is COCCCNCC(C)S(=O)(=O)c1ccc(Cl)cc1. The molecule has 0 bridgehead atoms. The summed E-state index contributed by atoms with van der Waals surface area (Å²) in [5.74, 6) is 0. The average molecular weight is 306 g/mol. The van der Waals surface area contributed by atoms with Gasteiger partial charge in [-0.2, -0.15) is 0 Å². The van der Waals surface area contributed by atoms with Crippen LogP contribution < -0.4 is 5.32 Å². The molecule has 0 spiro atoms. The second kappa shape index (κ2) is 7.85. The topological polar surface area (TPSA) is 55.4 Å². The molecule has 4 nitrogen and oxygen atoms in total. The standard InChI is InChI=1S/C13H20ClNO3S/c1-11(10-15-8-3-9-18-2)19(16,17)13-6-4-12(14)5-7-13/h4-7,11,15H,3,8-10H2,1-2H3. The van der Waals surface area contributed by atoms with Crippen LogP contribution in [0.1, 0.15) is 13.3 Å². The van der Waals surface area contributed by atoms with Gasteiger partial charge < -0.3 is 10.1 Å². The van der Waals surface area contributed by atoms with Crippen molar-refractivity contribution in [2.45, 2.75) is 23.5 Å². The second-order valence-electron chi connectivity index (χ2n) is 4.36. The Morgan fingerprint density at radius 3 is 2.53 bits per heavy atom. The molecule has 6 heteroatoms. The first-order valence-corrected chi connectivity index (χ1v) is 8.10. The van der Waals surface area contributed by atoms with Crippen molar-refractivity contribution in [3.63, 3.8) is 0 Å². The van der Waals surface area contributed by atoms with Crippen LogP contribution in [-0.2, 0) is 14.6 Å². The lowest BCUT2D eigenvalue weighted by Gasteiger charge is -2.14. The third kappa shape index (κ3) is 5.10. The van der Waals surface area contributed by atoms with E-state index in [1.807, 2.05) is 0 Å². The quantitative estimate of drug-likeness (QED) is 0.748. The van der Waals surface area contributed by atoms with Crippen molar-refractivity contribution in [2.75, 3.05) is 26.8 Å². The van der Waals surface area contributed by atoms with Crippen LogP contribution in [-0.4, -0.2) is 40.5 Å². The Bertz CT molecular complexity index is 473. The Kier molecular flexibility index (Phi) is 6.79. The molecule has 0 aliphatic carbocycles. The van der Waals surface area contributed by atoms with Crippen LogP contribution >= 0.6 is 11.6 Å². The van der Waals surface area contributed by atoms with Crippen molar-refractivity contribution < 1.29 is 13.2 Å². The summed E-state index contributed by atoms with van der Waals surface area (Å²) in [7, 11) is -1.65. The Balaban J connectivity index is 2.54. The van der Waals surface area contributed by atoms with Gasteiger partial charge in [0.2, 0.25) is 0 Å². The molecule has 1 aromatic rings. The third-order valence-electron chi connectivity index (χ3n) is 2.81. The molecule has 0 saturated carbocycles. The number of ether oxygens (including phenoxy) is 1. The average Bonchev–Trinajstić information content (AvgIpc) is 2.38. The van der Waals surface area contributed by atoms with Crippen LogP contribution in [0.3, 0.4) is 0 Å². The number of halogens is 1. The van der Waals surface area contributed by atoms with E-state index in [-0.39, 0.29) is 0 Å². The number of hydrogen-bond donors (Lipinski definition) is 1. The molecule has 0 fully saturated rings. The maximum Gasteiger partial charge on any atom is 0.182 e. The summed E-state index contributed by atoms with van der Waals surface area (Å²) in [5, 5.41) is 3.18. The van der Waals surface area contributed by atoms with Crippen LogP contribution in [0.15, 0.2) is 29.2 Å². The molecule has 1 N–H and O–H groups in total. The minimum Gasteiger partial charge on any atom is -0.385 e. The van der Waals surface area contributed by atoms with Gasteiger partial charge in [-0.25, -0.2) is 8.42 Å². The van der Waals surface area contributed by atoms with Crippen molar-refractivity contribution in [2.24, 2.45) is 0 Å². The molecule has 1 rings (SSSR count). The number of sulfone groups is 1. The second-order valence-corrected chi connectivity index (χ2v) is 7.16. The van der Waals surface area contributed by atoms with Gasteiger partial charge in [0.15, 0.2) is 9.84 Å². The summed E-state index contributed by atoms with van der Waals surface area (Å²) < 4.78 is 29.4. The monoisotopic (exact) mass is 305 g/mol. The molecule has 0 aliphatic heterocycles. The zero-order valence-corrected chi connectivity index (χ0v) is 12.8. The van der Waals surface area contributed by atoms with Crippen molar-refractivity contribution in [1.82, 2.24) is 5.32 Å². The number of nitrogens with one attached hydrogen (secondary N) is 1. The van der Waals surface area contributed by atoms with Gasteiger partial charge in [0.25, 0.3) is 0 Å². The van der Waals surface area contributed by atoms with Crippen LogP contribution in [0.25, 0.3) is 0 Å². The molecular weight excluding hydrogens is 286 g/mol. The van der Waals surface area contributed by atoms with Gasteiger partial charge in [0.1, 0.15) is 0 Å². The van der Waals surface area contributed by atoms with Crippen LogP contribution in [0.2, 0.25) is 5.02 Å². The van der Waals surface area contributed by atoms with Gasteiger partial charge in [0, 0.05) is 25.3 Å². The fourth-order valence-corrected chi connectivity index (χ4v) is 3.06. The molecule has 108 valence electrons. The van der Waals surface area contributed by atoms with Crippen molar-refractivity contribution in [3.8, 4) is 0 Å². The molecule has 19 heavy (non-hydrogen) atoms. The van der Waals surface area contributed by atoms with Crippen molar-refractivity contribution in [3.05, 3.63) is 29.3 Å². The van der Waals surface area contributed by atoms with Gasteiger partial charge in [-0.1, -0.05) is 11.6 Å². The van der Waals surface area contributed by atoms with E-state index in [4.69, 9.17) is 16.3 Å². The van der Waals surface area contributed by atoms with E-state index in [0.29, 0.717) is 23.1 Å². The summed E-state index contributed by atoms with van der Waals surface area (Å²) in [6.07, 6.45) is 0.865. The fourth-order valence-electron chi connectivity index (χ4n) is 1.61. The highest BCUT2D eigenvalue weighted by Crippen LogP contribution is 2.18. The van der Waals surface area contributed by atoms with Gasteiger partial charge in [-0.3, -0.25) is 0 Å². The minimum absolute atomic E-state index is 0.308. The number of benzene rings is 1. The van der Waals surface area contributed by atoms with E-state index in [9.17, 15) is 8.42 Å². The normalized spacial score (nSPS) is 13.4. The first kappa shape index (κ1) is 16.4. The Hall–Kier alpha value is -0.620. The number of hydrogen-bond acceptors (Lipinski definition) is 4. The van der Waals surface area contributed by atoms with Gasteiger partial charge in [-0.15, -0.1) is 0 Å². The van der Waals surface area contributed by atoms with Crippen molar-refractivity contribution >= 4 is 21.4 Å². The van der Waals surface area contributed by atoms with Crippen LogP contribution in [0.4, 0.5) is 0 Å². The molecule has 1 atom stereocenters. The molecular formula is C13H20ClNO3S. The number of rotatable bonds is 8. The largest absolute Gasteiger partial charge is 0.385 e. The third-order valence-corrected chi connectivity index (χ3v) is 5.21. The lowest BCUT2D eigenvalue weighted by Crippen LogP contribution is -2.32. The smallest absolute Gasteiger partial charge is 0.182 e. The van der Waals surface area contributed by atoms with Crippen molar-refractivity contribution in [1.29, 1.82) is 0 Å². The molecule has 1 aromatic carbocycles. The Labute approximate surface area is 120 Å². The maximum atomic E-state index is 12.3. The maximum absolute atomic E-state index is 12.3. The highest BCUT2D eigenvalue weighted by atomic mass is 35.5. The van der Waals surface area contributed by atoms with Crippen LogP contribution in [0.5, 0.6) is 0 Å². The van der Waals surface area contributed by atoms with E-state index >= 15 is 0 Å². The lowest BCUT2D eigenvalue weighted by molar-refractivity contribution is 0.194. The summed E-state index contributed by atoms with van der Waals surface area (Å²) in [6.45, 7) is 3.54. The summed E-state index contributed by atoms with van der Waals surface area (Å²) in [5.41, 5.74) is 0. The first-order chi connectivity index (χ1) is 8.98. The molecule has 0 radical (unpaired) electrons. The highest BCUT2D eigenvalue weighted by Gasteiger charge is 2.22. The van der Waals surface area contributed by atoms with E-state index < -0.39 is 15.1 Å². The molecule has 1 unspecified atom stereocenters. The molecule has 0 aromatic heterocycles. The summed E-state index contributed by atoms with van der Waals surface area (Å²) >= 11 is 5.75. The zero-order valence-electron chi connectivity index (χ0n) is 11.2. The van der Waals surface area contributed by atoms with E-state index in [1.54, 1.807) is 38.3 Å². The first-order valence-electron chi connectivity index (χ1n) is 6.17. The van der Waals surface area contributed by atoms with Gasteiger partial charge >= 0.3 is 0 Å². The molecule has 0 aliphatic rings. The minimum atomic E-state index is -3.30. The molecule has 0 saturated heterocycles. The highest BCUT2D eigenvalue weighted by molar-refractivity contribution is 7.92. The number of methoxy groups -OCH3 is 1. The van der Waals surface area contributed by atoms with Crippen LogP contribution in [0, 0.1) is 0 Å². The van der Waals surface area contributed by atoms with Gasteiger partial charge in [-0.05, 0) is 44.2 Å². The summed E-state index contributed by atoms with van der Waals surface area (Å²) in [4.78, 5) is 0.308. The van der Waals surface area contributed by atoms with E-state index in [2.05, 4.69) is 5.32 Å². The zero-order chi connectivity index (χ0) is 14.3.